The van der Waals surface area contributed by atoms with Crippen molar-refractivity contribution in [2.45, 2.75) is 38.0 Å². The summed E-state index contributed by atoms with van der Waals surface area (Å²) in [6.45, 7) is 3.88. The van der Waals surface area contributed by atoms with Crippen LogP contribution in [0.3, 0.4) is 0 Å². The van der Waals surface area contributed by atoms with Crippen molar-refractivity contribution >= 4 is 11.8 Å². The highest BCUT2D eigenvalue weighted by atomic mass is 16.3. The van der Waals surface area contributed by atoms with Gasteiger partial charge in [-0.15, -0.1) is 0 Å². The highest BCUT2D eigenvalue weighted by molar-refractivity contribution is 5.92. The van der Waals surface area contributed by atoms with Crippen molar-refractivity contribution in [3.05, 3.63) is 24.0 Å². The highest BCUT2D eigenvalue weighted by Crippen LogP contribution is 2.44. The summed E-state index contributed by atoms with van der Waals surface area (Å²) in [5.41, 5.74) is 6.82. The quantitative estimate of drug-likeness (QED) is 0.549. The zero-order chi connectivity index (χ0) is 20.0. The van der Waals surface area contributed by atoms with E-state index in [2.05, 4.69) is 4.98 Å². The SMILES string of the molecule is C[C@H]1[C@H](N)[C@@H](O)[C@H]2CN(C(=O)c3ccc[nH]3)C[C@@H]2[C@H]1C(=O)N1CCC(O)CC1. The largest absolute Gasteiger partial charge is 0.393 e. The molecule has 3 aliphatic rings. The number of nitrogens with zero attached hydrogens (tertiary/aromatic N) is 2. The lowest BCUT2D eigenvalue weighted by molar-refractivity contribution is -0.147. The van der Waals surface area contributed by atoms with E-state index < -0.39 is 12.1 Å². The van der Waals surface area contributed by atoms with Crippen molar-refractivity contribution in [2.24, 2.45) is 29.4 Å². The summed E-state index contributed by atoms with van der Waals surface area (Å²) in [6.07, 6.45) is 1.82. The van der Waals surface area contributed by atoms with Gasteiger partial charge in [-0.05, 0) is 36.8 Å². The number of aromatic amines is 1. The molecule has 8 nitrogen and oxygen atoms in total. The predicted octanol–water partition coefficient (Wildman–Crippen LogP) is -0.360. The topological polar surface area (TPSA) is 123 Å². The van der Waals surface area contributed by atoms with E-state index in [4.69, 9.17) is 5.73 Å². The first-order valence-electron chi connectivity index (χ1n) is 10.2. The van der Waals surface area contributed by atoms with Gasteiger partial charge >= 0.3 is 0 Å². The third-order valence-corrected chi connectivity index (χ3v) is 7.06. The van der Waals surface area contributed by atoms with Crippen LogP contribution in [0.2, 0.25) is 0 Å². The molecule has 3 heterocycles. The molecule has 2 aliphatic heterocycles. The second-order valence-electron chi connectivity index (χ2n) is 8.63. The van der Waals surface area contributed by atoms with Crippen molar-refractivity contribution in [1.82, 2.24) is 14.8 Å². The maximum Gasteiger partial charge on any atom is 0.270 e. The Morgan fingerprint density at radius 1 is 1.14 bits per heavy atom. The Balaban J connectivity index is 1.56. The van der Waals surface area contributed by atoms with Crippen molar-refractivity contribution in [1.29, 1.82) is 0 Å². The van der Waals surface area contributed by atoms with Crippen molar-refractivity contribution < 1.29 is 19.8 Å². The number of H-pyrrole nitrogens is 1. The number of fused-ring (bicyclic) bond motifs is 1. The minimum Gasteiger partial charge on any atom is -0.393 e. The lowest BCUT2D eigenvalue weighted by Crippen LogP contribution is -2.59. The smallest absolute Gasteiger partial charge is 0.270 e. The highest BCUT2D eigenvalue weighted by Gasteiger charge is 2.54. The summed E-state index contributed by atoms with van der Waals surface area (Å²) in [4.78, 5) is 32.7. The van der Waals surface area contributed by atoms with Crippen LogP contribution >= 0.6 is 0 Å². The molecule has 3 fully saturated rings. The first-order chi connectivity index (χ1) is 13.4. The summed E-state index contributed by atoms with van der Waals surface area (Å²) in [5, 5.41) is 20.5. The summed E-state index contributed by atoms with van der Waals surface area (Å²) in [5.74, 6) is -0.861. The van der Waals surface area contributed by atoms with Crippen LogP contribution in [0.15, 0.2) is 18.3 Å². The van der Waals surface area contributed by atoms with Gasteiger partial charge in [0.2, 0.25) is 5.91 Å². The summed E-state index contributed by atoms with van der Waals surface area (Å²) in [6, 6.07) is 3.02. The Hall–Kier alpha value is -1.90. The number of aliphatic hydroxyl groups excluding tert-OH is 2. The Morgan fingerprint density at radius 2 is 1.82 bits per heavy atom. The van der Waals surface area contributed by atoms with E-state index in [1.54, 1.807) is 23.2 Å². The van der Waals surface area contributed by atoms with Gasteiger partial charge in [-0.25, -0.2) is 0 Å². The number of nitrogens with two attached hydrogens (primary N) is 1. The third kappa shape index (κ3) is 3.23. The van der Waals surface area contributed by atoms with Crippen LogP contribution in [-0.4, -0.2) is 81.2 Å². The molecule has 0 aromatic carbocycles. The zero-order valence-electron chi connectivity index (χ0n) is 16.2. The number of nitrogens with one attached hydrogen (secondary N) is 1. The van der Waals surface area contributed by atoms with Crippen LogP contribution in [-0.2, 0) is 4.79 Å². The van der Waals surface area contributed by atoms with Gasteiger partial charge in [0.05, 0.1) is 12.2 Å². The lowest BCUT2D eigenvalue weighted by atomic mass is 9.64. The molecule has 0 radical (unpaired) electrons. The molecule has 2 saturated heterocycles. The molecule has 154 valence electrons. The monoisotopic (exact) mass is 390 g/mol. The molecule has 28 heavy (non-hydrogen) atoms. The number of carbonyl (C=O) groups is 2. The Labute approximate surface area is 164 Å². The molecule has 8 heteroatoms. The number of amides is 2. The van der Waals surface area contributed by atoms with Gasteiger partial charge in [0.25, 0.3) is 5.91 Å². The molecule has 1 aliphatic carbocycles. The number of carbonyl (C=O) groups excluding carboxylic acids is 2. The third-order valence-electron chi connectivity index (χ3n) is 7.06. The second-order valence-corrected chi connectivity index (χ2v) is 8.63. The number of aliphatic hydroxyl groups is 2. The molecule has 4 rings (SSSR count). The van der Waals surface area contributed by atoms with Crippen molar-refractivity contribution in [3.8, 4) is 0 Å². The number of rotatable bonds is 2. The Kier molecular flexibility index (Phi) is 5.20. The number of hydrogen-bond acceptors (Lipinski definition) is 5. The number of aromatic nitrogens is 1. The van der Waals surface area contributed by atoms with Gasteiger partial charge in [-0.2, -0.15) is 0 Å². The normalized spacial score (nSPS) is 36.4. The molecule has 6 atom stereocenters. The van der Waals surface area contributed by atoms with E-state index in [0.717, 1.165) is 0 Å². The fourth-order valence-electron chi connectivity index (χ4n) is 5.33. The van der Waals surface area contributed by atoms with Crippen LogP contribution in [0.25, 0.3) is 0 Å². The maximum atomic E-state index is 13.4. The van der Waals surface area contributed by atoms with Crippen molar-refractivity contribution in [3.63, 3.8) is 0 Å². The minimum atomic E-state index is -0.728. The Bertz CT molecular complexity index is 716. The maximum absolute atomic E-state index is 13.4. The fourth-order valence-corrected chi connectivity index (χ4v) is 5.33. The molecule has 0 spiro atoms. The number of piperidine rings is 1. The number of hydrogen-bond donors (Lipinski definition) is 4. The summed E-state index contributed by atoms with van der Waals surface area (Å²) in [7, 11) is 0. The molecule has 2 amide bonds. The minimum absolute atomic E-state index is 0.0472. The fraction of sp³-hybridized carbons (Fsp3) is 0.700. The average Bonchev–Trinajstić information content (AvgIpc) is 3.36. The molecule has 0 bridgehead atoms. The van der Waals surface area contributed by atoms with Crippen LogP contribution in [0.1, 0.15) is 30.3 Å². The molecule has 1 saturated carbocycles. The Morgan fingerprint density at radius 3 is 2.46 bits per heavy atom. The van der Waals surface area contributed by atoms with Crippen LogP contribution in [0.4, 0.5) is 0 Å². The van der Waals surface area contributed by atoms with E-state index in [1.165, 1.54) is 0 Å². The van der Waals surface area contributed by atoms with E-state index in [1.807, 2.05) is 11.8 Å². The van der Waals surface area contributed by atoms with Crippen LogP contribution in [0.5, 0.6) is 0 Å². The molecular formula is C20H30N4O4. The standard InChI is InChI=1S/C20H30N4O4/c1-11-16(20(28)23-7-4-12(25)5-8-23)13-9-24(10-14(13)18(26)17(11)21)19(27)15-3-2-6-22-15/h2-3,6,11-14,16-18,22,25-26H,4-5,7-10,21H2,1H3/t11-,13+,14+,16+,17+,18+/m1/s1. The first kappa shape index (κ1) is 19.4. The second kappa shape index (κ2) is 7.50. The van der Waals surface area contributed by atoms with E-state index in [9.17, 15) is 19.8 Å². The molecular weight excluding hydrogens is 360 g/mol. The van der Waals surface area contributed by atoms with E-state index >= 15 is 0 Å². The lowest BCUT2D eigenvalue weighted by Gasteiger charge is -2.46. The zero-order valence-corrected chi connectivity index (χ0v) is 16.2. The number of likely N-dealkylation sites (tertiary alicyclic amines) is 2. The molecule has 1 aromatic rings. The first-order valence-corrected chi connectivity index (χ1v) is 10.2. The van der Waals surface area contributed by atoms with Crippen LogP contribution in [0, 0.1) is 23.7 Å². The van der Waals surface area contributed by atoms with E-state index in [0.29, 0.717) is 44.7 Å². The van der Waals surface area contributed by atoms with Gasteiger partial charge in [-0.1, -0.05) is 6.92 Å². The van der Waals surface area contributed by atoms with Gasteiger partial charge in [0.15, 0.2) is 0 Å². The molecule has 0 unspecified atom stereocenters. The van der Waals surface area contributed by atoms with Crippen molar-refractivity contribution in [2.75, 3.05) is 26.2 Å². The van der Waals surface area contributed by atoms with E-state index in [-0.39, 0.29) is 41.6 Å². The molecule has 5 N–H and O–H groups in total. The van der Waals surface area contributed by atoms with Gasteiger partial charge in [0, 0.05) is 50.3 Å². The average molecular weight is 390 g/mol. The van der Waals surface area contributed by atoms with Gasteiger partial charge in [0.1, 0.15) is 5.69 Å². The van der Waals surface area contributed by atoms with Crippen LogP contribution < -0.4 is 5.73 Å². The predicted molar refractivity (Wildman–Crippen MR) is 102 cm³/mol. The van der Waals surface area contributed by atoms with Gasteiger partial charge < -0.3 is 30.7 Å². The molecule has 1 aromatic heterocycles. The summed E-state index contributed by atoms with van der Waals surface area (Å²) >= 11 is 0. The summed E-state index contributed by atoms with van der Waals surface area (Å²) < 4.78 is 0. The van der Waals surface area contributed by atoms with Gasteiger partial charge in [-0.3, -0.25) is 9.59 Å².